The summed E-state index contributed by atoms with van der Waals surface area (Å²) < 4.78 is 5.15. The molecule has 1 aliphatic rings. The molecule has 0 radical (unpaired) electrons. The van der Waals surface area contributed by atoms with Crippen LogP contribution < -0.4 is 4.74 Å². The molecule has 0 atom stereocenters. The molecule has 1 heterocycles. The van der Waals surface area contributed by atoms with Gasteiger partial charge in [-0.15, -0.1) is 0 Å². The van der Waals surface area contributed by atoms with Gasteiger partial charge in [-0.1, -0.05) is 18.2 Å². The normalized spacial score (nSPS) is 13.6. The van der Waals surface area contributed by atoms with Crippen LogP contribution in [0, 0.1) is 0 Å². The van der Waals surface area contributed by atoms with Crippen molar-refractivity contribution in [1.82, 2.24) is 4.90 Å². The Morgan fingerprint density at radius 1 is 1.08 bits per heavy atom. The molecule has 1 aliphatic heterocycles. The summed E-state index contributed by atoms with van der Waals surface area (Å²) in [6.45, 7) is 0.185. The van der Waals surface area contributed by atoms with Crippen LogP contribution in [-0.4, -0.2) is 28.1 Å². The Labute approximate surface area is 146 Å². The van der Waals surface area contributed by atoms with Crippen molar-refractivity contribution >= 4 is 12.0 Å². The number of carbonyl (C=O) groups excluding carboxylic acids is 1. The molecule has 0 aromatic heterocycles. The van der Waals surface area contributed by atoms with Crippen molar-refractivity contribution in [3.8, 4) is 5.75 Å². The highest BCUT2D eigenvalue weighted by Gasteiger charge is 2.19. The Hall–Kier alpha value is -2.63. The first kappa shape index (κ1) is 17.2. The van der Waals surface area contributed by atoms with E-state index in [4.69, 9.17) is 4.74 Å². The number of nitrogens with zero attached hydrogens (tertiary/aromatic N) is 1. The van der Waals surface area contributed by atoms with E-state index >= 15 is 0 Å². The Bertz CT molecular complexity index is 796. The molecule has 0 unspecified atom stereocenters. The molecule has 0 aliphatic carbocycles. The predicted molar refractivity (Wildman–Crippen MR) is 94.6 cm³/mol. The number of hydrogen-bond acceptors (Lipinski definition) is 4. The summed E-state index contributed by atoms with van der Waals surface area (Å²) in [7, 11) is 1.62. The van der Waals surface area contributed by atoms with Crippen LogP contribution in [0.5, 0.6) is 5.75 Å². The molecule has 2 N–H and O–H groups in total. The smallest absolute Gasteiger partial charge is 0.231 e. The third-order valence-corrected chi connectivity index (χ3v) is 4.41. The van der Waals surface area contributed by atoms with E-state index in [1.807, 2.05) is 36.4 Å². The zero-order valence-corrected chi connectivity index (χ0v) is 14.1. The summed E-state index contributed by atoms with van der Waals surface area (Å²) in [6.07, 6.45) is 3.92. The van der Waals surface area contributed by atoms with Gasteiger partial charge < -0.3 is 19.8 Å². The molecule has 130 valence electrons. The van der Waals surface area contributed by atoms with Crippen molar-refractivity contribution in [3.05, 3.63) is 70.4 Å². The molecule has 5 nitrogen and oxygen atoms in total. The maximum atomic E-state index is 12.6. The zero-order valence-electron chi connectivity index (χ0n) is 14.1. The van der Waals surface area contributed by atoms with E-state index in [1.165, 1.54) is 0 Å². The molecule has 0 saturated heterocycles. The number of benzene rings is 2. The largest absolute Gasteiger partial charge is 0.497 e. The first-order chi connectivity index (χ1) is 12.1. The van der Waals surface area contributed by atoms with E-state index in [2.05, 4.69) is 0 Å². The second kappa shape index (κ2) is 7.51. The maximum absolute atomic E-state index is 12.6. The van der Waals surface area contributed by atoms with Crippen molar-refractivity contribution in [1.29, 1.82) is 0 Å². The molecular weight excluding hydrogens is 318 g/mol. The fraction of sp³-hybridized carbons (Fsp3) is 0.250. The summed E-state index contributed by atoms with van der Waals surface area (Å²) in [5, 5.41) is 18.9. The molecule has 0 spiro atoms. The molecule has 3 rings (SSSR count). The van der Waals surface area contributed by atoms with Crippen LogP contribution in [0.25, 0.3) is 6.08 Å². The standard InChI is InChI=1S/C20H21NO4/c1-25-19-4-2-14(3-5-19)11-21-7-6-15-8-17(12-22)18(13-23)9-16(15)10-20(21)24/h2-9,22-23H,10-13H2,1H3. The lowest BCUT2D eigenvalue weighted by atomic mass is 9.97. The average Bonchev–Trinajstić information content (AvgIpc) is 2.79. The molecule has 0 saturated carbocycles. The minimum Gasteiger partial charge on any atom is -0.497 e. The van der Waals surface area contributed by atoms with E-state index in [1.54, 1.807) is 24.3 Å². The van der Waals surface area contributed by atoms with Gasteiger partial charge in [-0.05, 0) is 52.1 Å². The van der Waals surface area contributed by atoms with Crippen molar-refractivity contribution < 1.29 is 19.7 Å². The average molecular weight is 339 g/mol. The summed E-state index contributed by atoms with van der Waals surface area (Å²) >= 11 is 0. The molecule has 0 fully saturated rings. The second-order valence-corrected chi connectivity index (χ2v) is 6.00. The van der Waals surface area contributed by atoms with E-state index < -0.39 is 0 Å². The number of carbonyl (C=O) groups is 1. The molecule has 5 heteroatoms. The minimum absolute atomic E-state index is 0.00791. The lowest BCUT2D eigenvalue weighted by Crippen LogP contribution is -2.25. The highest BCUT2D eigenvalue weighted by molar-refractivity contribution is 5.83. The molecule has 2 aromatic carbocycles. The van der Waals surface area contributed by atoms with Crippen LogP contribution in [0.3, 0.4) is 0 Å². The van der Waals surface area contributed by atoms with Crippen LogP contribution in [-0.2, 0) is 31.0 Å². The third-order valence-electron chi connectivity index (χ3n) is 4.41. The van der Waals surface area contributed by atoms with Gasteiger partial charge >= 0.3 is 0 Å². The van der Waals surface area contributed by atoms with E-state index in [0.29, 0.717) is 17.7 Å². The number of methoxy groups -OCH3 is 1. The van der Waals surface area contributed by atoms with Crippen molar-refractivity contribution in [2.75, 3.05) is 7.11 Å². The van der Waals surface area contributed by atoms with E-state index in [-0.39, 0.29) is 25.5 Å². The van der Waals surface area contributed by atoms with Gasteiger partial charge in [-0.25, -0.2) is 0 Å². The van der Waals surface area contributed by atoms with Crippen LogP contribution in [0.15, 0.2) is 42.6 Å². The first-order valence-corrected chi connectivity index (χ1v) is 8.11. The summed E-state index contributed by atoms with van der Waals surface area (Å²) in [6, 6.07) is 11.3. The summed E-state index contributed by atoms with van der Waals surface area (Å²) in [4.78, 5) is 14.3. The van der Waals surface area contributed by atoms with Crippen molar-refractivity contribution in [2.24, 2.45) is 0 Å². The number of rotatable bonds is 5. The predicted octanol–water partition coefficient (Wildman–Crippen LogP) is 2.24. The van der Waals surface area contributed by atoms with Gasteiger partial charge in [-0.2, -0.15) is 0 Å². The fourth-order valence-corrected chi connectivity index (χ4v) is 2.95. The lowest BCUT2D eigenvalue weighted by molar-refractivity contribution is -0.128. The highest BCUT2D eigenvalue weighted by atomic mass is 16.5. The molecule has 2 aromatic rings. The van der Waals surface area contributed by atoms with Gasteiger partial charge in [0.15, 0.2) is 0 Å². The maximum Gasteiger partial charge on any atom is 0.231 e. The summed E-state index contributed by atoms with van der Waals surface area (Å²) in [5.41, 5.74) is 4.11. The molecule has 0 bridgehead atoms. The van der Waals surface area contributed by atoms with Crippen molar-refractivity contribution in [3.63, 3.8) is 0 Å². The monoisotopic (exact) mass is 339 g/mol. The Morgan fingerprint density at radius 2 is 1.76 bits per heavy atom. The topological polar surface area (TPSA) is 70.0 Å². The number of aliphatic hydroxyl groups excluding tert-OH is 2. The van der Waals surface area contributed by atoms with Gasteiger partial charge in [0.1, 0.15) is 5.75 Å². The second-order valence-electron chi connectivity index (χ2n) is 6.00. The summed E-state index contributed by atoms with van der Waals surface area (Å²) in [5.74, 6) is 0.772. The lowest BCUT2D eigenvalue weighted by Gasteiger charge is -2.17. The quantitative estimate of drug-likeness (QED) is 0.876. The number of aliphatic hydroxyl groups is 2. The third kappa shape index (κ3) is 3.73. The Kier molecular flexibility index (Phi) is 5.16. The Morgan fingerprint density at radius 3 is 2.40 bits per heavy atom. The van der Waals surface area contributed by atoms with Gasteiger partial charge in [0.25, 0.3) is 0 Å². The number of amides is 1. The van der Waals surface area contributed by atoms with Gasteiger partial charge in [0.05, 0.1) is 33.3 Å². The minimum atomic E-state index is -0.156. The van der Waals surface area contributed by atoms with Crippen LogP contribution in [0.2, 0.25) is 0 Å². The number of fused-ring (bicyclic) bond motifs is 1. The molecule has 1 amide bonds. The van der Waals surface area contributed by atoms with Gasteiger partial charge in [-0.3, -0.25) is 4.79 Å². The SMILES string of the molecule is COc1ccc(CN2C=Cc3cc(CO)c(CO)cc3CC2=O)cc1. The van der Waals surface area contributed by atoms with Crippen LogP contribution in [0.1, 0.15) is 27.8 Å². The van der Waals surface area contributed by atoms with Crippen molar-refractivity contribution in [2.45, 2.75) is 26.2 Å². The van der Waals surface area contributed by atoms with Crippen LogP contribution in [0.4, 0.5) is 0 Å². The van der Waals surface area contributed by atoms with Crippen LogP contribution >= 0.6 is 0 Å². The number of ether oxygens (including phenoxy) is 1. The zero-order chi connectivity index (χ0) is 17.8. The highest BCUT2D eigenvalue weighted by Crippen LogP contribution is 2.24. The molecular formula is C20H21NO4. The first-order valence-electron chi connectivity index (χ1n) is 8.11. The molecule has 25 heavy (non-hydrogen) atoms. The fourth-order valence-electron chi connectivity index (χ4n) is 2.95. The number of hydrogen-bond donors (Lipinski definition) is 2. The van der Waals surface area contributed by atoms with E-state index in [0.717, 1.165) is 22.4 Å². The Balaban J connectivity index is 1.84. The van der Waals surface area contributed by atoms with Gasteiger partial charge in [0, 0.05) is 6.20 Å². The van der Waals surface area contributed by atoms with E-state index in [9.17, 15) is 15.0 Å². The van der Waals surface area contributed by atoms with Gasteiger partial charge in [0.2, 0.25) is 5.91 Å².